The van der Waals surface area contributed by atoms with Crippen molar-refractivity contribution in [3.63, 3.8) is 0 Å². The number of rotatable bonds is 6. The number of aryl methyl sites for hydroxylation is 1. The highest BCUT2D eigenvalue weighted by Crippen LogP contribution is 2.32. The lowest BCUT2D eigenvalue weighted by molar-refractivity contribution is 0.0628. The zero-order valence-corrected chi connectivity index (χ0v) is 27.1. The molecule has 10 heteroatoms. The number of benzene rings is 2. The van der Waals surface area contributed by atoms with Gasteiger partial charge in [-0.3, -0.25) is 14.5 Å². The molecule has 2 saturated heterocycles. The zero-order chi connectivity index (χ0) is 29.4. The zero-order valence-electron chi connectivity index (χ0n) is 24.0. The van der Waals surface area contributed by atoms with Gasteiger partial charge in [0, 0.05) is 91.3 Å². The van der Waals surface area contributed by atoms with E-state index in [4.69, 9.17) is 11.6 Å². The maximum atomic E-state index is 13.7. The smallest absolute Gasteiger partial charge is 0.259 e. The number of piperazine rings is 2. The van der Waals surface area contributed by atoms with Crippen LogP contribution in [0.3, 0.4) is 0 Å². The SMILES string of the molecule is CCn1cc(C(=O)N2CCN(Cc3ccc(-c4ccc(Br)cc4)s3)CC2)c(=O)c2cc(Cl)c(N3CCN(C)CC3)cc21. The summed E-state index contributed by atoms with van der Waals surface area (Å²) in [6.45, 7) is 9.99. The number of likely N-dealkylation sites (N-methyl/N-ethyl adjacent to an activating group) is 1. The van der Waals surface area contributed by atoms with Crippen molar-refractivity contribution in [1.82, 2.24) is 19.3 Å². The van der Waals surface area contributed by atoms with Crippen LogP contribution in [0.2, 0.25) is 5.02 Å². The summed E-state index contributed by atoms with van der Waals surface area (Å²) >= 11 is 12.1. The first kappa shape index (κ1) is 29.4. The van der Waals surface area contributed by atoms with Crippen molar-refractivity contribution in [2.75, 3.05) is 64.3 Å². The monoisotopic (exact) mass is 667 g/mol. The molecule has 4 aromatic rings. The number of halogens is 2. The fraction of sp³-hybridized carbons (Fsp3) is 0.375. The largest absolute Gasteiger partial charge is 0.368 e. The number of anilines is 1. The van der Waals surface area contributed by atoms with E-state index in [-0.39, 0.29) is 16.9 Å². The number of carbonyl (C=O) groups is 1. The van der Waals surface area contributed by atoms with Crippen LogP contribution < -0.4 is 10.3 Å². The Morgan fingerprint density at radius 1 is 0.952 bits per heavy atom. The number of fused-ring (bicyclic) bond motifs is 1. The van der Waals surface area contributed by atoms with E-state index in [1.807, 2.05) is 33.8 Å². The van der Waals surface area contributed by atoms with Gasteiger partial charge in [-0.15, -0.1) is 11.3 Å². The number of hydrogen-bond acceptors (Lipinski definition) is 6. The third kappa shape index (κ3) is 6.03. The number of pyridine rings is 1. The van der Waals surface area contributed by atoms with Gasteiger partial charge in [0.05, 0.1) is 16.2 Å². The molecule has 2 aromatic heterocycles. The molecule has 0 saturated carbocycles. The summed E-state index contributed by atoms with van der Waals surface area (Å²) in [5.74, 6) is -0.198. The Kier molecular flexibility index (Phi) is 8.75. The van der Waals surface area contributed by atoms with Gasteiger partial charge in [-0.25, -0.2) is 0 Å². The minimum absolute atomic E-state index is 0.198. The van der Waals surface area contributed by atoms with Gasteiger partial charge in [0.2, 0.25) is 5.43 Å². The van der Waals surface area contributed by atoms with Crippen molar-refractivity contribution >= 4 is 61.4 Å². The summed E-state index contributed by atoms with van der Waals surface area (Å²) in [7, 11) is 2.12. The van der Waals surface area contributed by atoms with E-state index in [9.17, 15) is 9.59 Å². The van der Waals surface area contributed by atoms with Crippen molar-refractivity contribution < 1.29 is 4.79 Å². The maximum absolute atomic E-state index is 13.7. The molecular formula is C32H35BrClN5O2S. The number of aromatic nitrogens is 1. The Hall–Kier alpha value is -2.69. The fourth-order valence-corrected chi connectivity index (χ4v) is 7.44. The number of amides is 1. The second-order valence-electron chi connectivity index (χ2n) is 11.1. The highest BCUT2D eigenvalue weighted by molar-refractivity contribution is 9.10. The number of hydrogen-bond donors (Lipinski definition) is 0. The first-order chi connectivity index (χ1) is 20.3. The van der Waals surface area contributed by atoms with Gasteiger partial charge in [0.15, 0.2) is 0 Å². The van der Waals surface area contributed by atoms with Crippen LogP contribution in [0.4, 0.5) is 5.69 Å². The van der Waals surface area contributed by atoms with E-state index in [2.05, 4.69) is 74.1 Å². The lowest BCUT2D eigenvalue weighted by atomic mass is 10.1. The number of carbonyl (C=O) groups excluding carboxylic acids is 1. The van der Waals surface area contributed by atoms with E-state index in [1.54, 1.807) is 12.3 Å². The van der Waals surface area contributed by atoms with Crippen molar-refractivity contribution in [2.45, 2.75) is 20.0 Å². The number of thiophene rings is 1. The second kappa shape index (κ2) is 12.5. The van der Waals surface area contributed by atoms with Gasteiger partial charge in [0.1, 0.15) is 5.56 Å². The van der Waals surface area contributed by atoms with E-state index < -0.39 is 0 Å². The first-order valence-electron chi connectivity index (χ1n) is 14.5. The molecule has 2 aliphatic rings. The quantitative estimate of drug-likeness (QED) is 0.257. The summed E-state index contributed by atoms with van der Waals surface area (Å²) < 4.78 is 3.09. The molecule has 7 nitrogen and oxygen atoms in total. The molecule has 0 radical (unpaired) electrons. The van der Waals surface area contributed by atoms with E-state index >= 15 is 0 Å². The van der Waals surface area contributed by atoms with Crippen LogP contribution in [-0.4, -0.2) is 84.6 Å². The molecule has 6 rings (SSSR count). The van der Waals surface area contributed by atoms with Gasteiger partial charge in [-0.2, -0.15) is 0 Å². The summed E-state index contributed by atoms with van der Waals surface area (Å²) in [6.07, 6.45) is 1.75. The molecule has 2 aromatic carbocycles. The molecule has 0 spiro atoms. The average molecular weight is 669 g/mol. The Bertz CT molecular complexity index is 1650. The molecule has 2 fully saturated rings. The topological polar surface area (TPSA) is 52.0 Å². The normalized spacial score (nSPS) is 16.9. The Morgan fingerprint density at radius 2 is 1.67 bits per heavy atom. The molecule has 4 heterocycles. The molecule has 2 aliphatic heterocycles. The van der Waals surface area contributed by atoms with Gasteiger partial charge < -0.3 is 19.3 Å². The van der Waals surface area contributed by atoms with Crippen molar-refractivity contribution in [2.24, 2.45) is 0 Å². The lowest BCUT2D eigenvalue weighted by Crippen LogP contribution is -2.49. The summed E-state index contributed by atoms with van der Waals surface area (Å²) in [5.41, 5.74) is 2.96. The molecular weight excluding hydrogens is 634 g/mol. The third-order valence-corrected chi connectivity index (χ3v) is 10.3. The van der Waals surface area contributed by atoms with E-state index in [1.165, 1.54) is 15.3 Å². The van der Waals surface area contributed by atoms with Gasteiger partial charge >= 0.3 is 0 Å². The molecule has 42 heavy (non-hydrogen) atoms. The standard InChI is InChI=1S/C32H35BrClN5O2S/c1-3-37-21-26(31(40)25-18-27(34)29(19-28(25)37)38-14-10-35(2)11-15-38)32(41)39-16-12-36(13-17-39)20-24-8-9-30(42-24)22-4-6-23(33)7-5-22/h4-9,18-19,21H,3,10-17,20H2,1-2H3. The van der Waals surface area contributed by atoms with E-state index in [0.29, 0.717) is 30.0 Å². The third-order valence-electron chi connectivity index (χ3n) is 8.39. The van der Waals surface area contributed by atoms with Crippen LogP contribution in [-0.2, 0) is 13.1 Å². The highest BCUT2D eigenvalue weighted by atomic mass is 79.9. The average Bonchev–Trinajstić information content (AvgIpc) is 3.47. The summed E-state index contributed by atoms with van der Waals surface area (Å²) in [4.78, 5) is 38.7. The fourth-order valence-electron chi connectivity index (χ4n) is 5.84. The highest BCUT2D eigenvalue weighted by Gasteiger charge is 2.26. The molecule has 0 unspecified atom stereocenters. The van der Waals surface area contributed by atoms with Crippen LogP contribution >= 0.6 is 38.9 Å². The Morgan fingerprint density at radius 3 is 2.36 bits per heavy atom. The van der Waals surface area contributed by atoms with Crippen molar-refractivity contribution in [1.29, 1.82) is 0 Å². The molecule has 0 N–H and O–H groups in total. The molecule has 0 atom stereocenters. The molecule has 1 amide bonds. The van der Waals surface area contributed by atoms with Crippen LogP contribution in [0.25, 0.3) is 21.3 Å². The molecule has 0 aliphatic carbocycles. The van der Waals surface area contributed by atoms with Gasteiger partial charge in [-0.05, 0) is 55.9 Å². The summed E-state index contributed by atoms with van der Waals surface area (Å²) in [5, 5.41) is 1.06. The van der Waals surface area contributed by atoms with Crippen molar-refractivity contribution in [3.05, 3.63) is 84.9 Å². The molecule has 0 bridgehead atoms. The molecule has 220 valence electrons. The van der Waals surface area contributed by atoms with Gasteiger partial charge in [-0.1, -0.05) is 39.7 Å². The minimum Gasteiger partial charge on any atom is -0.368 e. The summed E-state index contributed by atoms with van der Waals surface area (Å²) in [6, 6.07) is 16.6. The predicted molar refractivity (Wildman–Crippen MR) is 177 cm³/mol. The maximum Gasteiger partial charge on any atom is 0.259 e. The van der Waals surface area contributed by atoms with E-state index in [0.717, 1.165) is 61.5 Å². The van der Waals surface area contributed by atoms with Gasteiger partial charge in [0.25, 0.3) is 5.91 Å². The van der Waals surface area contributed by atoms with Crippen LogP contribution in [0.5, 0.6) is 0 Å². The van der Waals surface area contributed by atoms with Crippen LogP contribution in [0.15, 0.2) is 64.0 Å². The lowest BCUT2D eigenvalue weighted by Gasteiger charge is -2.35. The number of nitrogens with zero attached hydrogens (tertiary/aromatic N) is 5. The van der Waals surface area contributed by atoms with Crippen molar-refractivity contribution in [3.8, 4) is 10.4 Å². The Labute approximate surface area is 264 Å². The minimum atomic E-state index is -0.243. The first-order valence-corrected chi connectivity index (χ1v) is 16.5. The van der Waals surface area contributed by atoms with Crippen LogP contribution in [0.1, 0.15) is 22.2 Å². The predicted octanol–water partition coefficient (Wildman–Crippen LogP) is 5.88. The second-order valence-corrected chi connectivity index (χ2v) is 13.6. The Balaban J connectivity index is 1.15. The van der Waals surface area contributed by atoms with Crippen LogP contribution in [0, 0.1) is 0 Å².